The number of hydrogen-bond donors (Lipinski definition) is 1. The normalized spacial score (nSPS) is 11.0. The molecule has 2 rings (SSSR count). The van der Waals surface area contributed by atoms with Gasteiger partial charge in [0.2, 0.25) is 11.7 Å². The number of oxazole rings is 1. The third-order valence-electron chi connectivity index (χ3n) is 2.47. The molecule has 0 aliphatic carbocycles. The van der Waals surface area contributed by atoms with Crippen LogP contribution in [0, 0.1) is 6.92 Å². The van der Waals surface area contributed by atoms with Crippen LogP contribution in [0.15, 0.2) is 27.1 Å². The van der Waals surface area contributed by atoms with E-state index in [1.54, 1.807) is 25.1 Å². The van der Waals surface area contributed by atoms with Gasteiger partial charge in [-0.1, -0.05) is 15.9 Å². The summed E-state index contributed by atoms with van der Waals surface area (Å²) in [4.78, 5) is 14.4. The number of benzene rings is 1. The van der Waals surface area contributed by atoms with E-state index in [4.69, 9.17) is 9.52 Å². The van der Waals surface area contributed by atoms with Crippen molar-refractivity contribution in [3.63, 3.8) is 0 Å². The molecule has 0 saturated heterocycles. The molecular weight excluding hydrogens is 324 g/mol. The Labute approximate surface area is 115 Å². The highest BCUT2D eigenvalue weighted by molar-refractivity contribution is 9.10. The molecule has 7 heteroatoms. The summed E-state index contributed by atoms with van der Waals surface area (Å²) < 4.78 is 31.1. The van der Waals surface area contributed by atoms with Gasteiger partial charge in [0.15, 0.2) is 5.69 Å². The summed E-state index contributed by atoms with van der Waals surface area (Å²) in [5.41, 5.74) is 0.343. The highest BCUT2D eigenvalue weighted by Gasteiger charge is 2.27. The van der Waals surface area contributed by atoms with Gasteiger partial charge in [-0.3, -0.25) is 0 Å². The van der Waals surface area contributed by atoms with Gasteiger partial charge in [0.1, 0.15) is 0 Å². The van der Waals surface area contributed by atoms with E-state index in [9.17, 15) is 13.6 Å². The number of carboxylic acids is 1. The fraction of sp³-hybridized carbons (Fsp3) is 0.167. The molecule has 0 bridgehead atoms. The number of halogens is 3. The van der Waals surface area contributed by atoms with Gasteiger partial charge >= 0.3 is 5.97 Å². The van der Waals surface area contributed by atoms with Crippen molar-refractivity contribution >= 4 is 21.9 Å². The largest absolute Gasteiger partial charge is 0.475 e. The van der Waals surface area contributed by atoms with E-state index in [1.165, 1.54) is 0 Å². The maximum atomic E-state index is 12.7. The number of nitrogens with zero attached hydrogens (tertiary/aromatic N) is 1. The lowest BCUT2D eigenvalue weighted by Gasteiger charge is -2.01. The minimum atomic E-state index is -3.00. The molecule has 0 unspecified atom stereocenters. The van der Waals surface area contributed by atoms with E-state index in [-0.39, 0.29) is 5.89 Å². The molecule has 1 aromatic heterocycles. The van der Waals surface area contributed by atoms with Crippen LogP contribution in [-0.4, -0.2) is 16.1 Å². The Hall–Kier alpha value is -1.76. The SMILES string of the molecule is Cc1cc(Br)ccc1-c1nc(C(F)F)c(C(=O)O)o1. The first-order valence-corrected chi connectivity index (χ1v) is 5.98. The molecule has 0 saturated carbocycles. The Bertz CT molecular complexity index is 640. The maximum Gasteiger partial charge on any atom is 0.374 e. The van der Waals surface area contributed by atoms with Crippen LogP contribution in [-0.2, 0) is 0 Å². The van der Waals surface area contributed by atoms with E-state index in [1.807, 2.05) is 0 Å². The summed E-state index contributed by atoms with van der Waals surface area (Å²) in [7, 11) is 0. The zero-order valence-corrected chi connectivity index (χ0v) is 11.2. The predicted octanol–water partition coefficient (Wildman–Crippen LogP) is 4.05. The van der Waals surface area contributed by atoms with Crippen LogP contribution < -0.4 is 0 Å². The average Bonchev–Trinajstić information content (AvgIpc) is 2.73. The third-order valence-corrected chi connectivity index (χ3v) is 2.97. The molecule has 0 spiro atoms. The lowest BCUT2D eigenvalue weighted by Crippen LogP contribution is -1.99. The smallest absolute Gasteiger partial charge is 0.374 e. The molecule has 2 aromatic rings. The number of aryl methyl sites for hydroxylation is 1. The average molecular weight is 332 g/mol. The molecule has 1 aromatic carbocycles. The first-order chi connectivity index (χ1) is 8.90. The molecule has 0 radical (unpaired) electrons. The molecule has 1 heterocycles. The van der Waals surface area contributed by atoms with Crippen molar-refractivity contribution in [1.82, 2.24) is 4.98 Å². The van der Waals surface area contributed by atoms with Gasteiger partial charge in [0.25, 0.3) is 6.43 Å². The lowest BCUT2D eigenvalue weighted by molar-refractivity contribution is 0.0647. The summed E-state index contributed by atoms with van der Waals surface area (Å²) in [6.07, 6.45) is -3.00. The Kier molecular flexibility index (Phi) is 3.66. The number of hydrogen-bond acceptors (Lipinski definition) is 3. The number of aromatic nitrogens is 1. The van der Waals surface area contributed by atoms with Gasteiger partial charge in [0.05, 0.1) is 0 Å². The second-order valence-corrected chi connectivity index (χ2v) is 4.71. The van der Waals surface area contributed by atoms with Crippen LogP contribution in [0.5, 0.6) is 0 Å². The van der Waals surface area contributed by atoms with Crippen molar-refractivity contribution in [1.29, 1.82) is 0 Å². The Morgan fingerprint density at radius 1 is 1.47 bits per heavy atom. The summed E-state index contributed by atoms with van der Waals surface area (Å²) in [5.74, 6) is -2.52. The summed E-state index contributed by atoms with van der Waals surface area (Å²) >= 11 is 3.27. The number of carbonyl (C=O) groups is 1. The molecule has 0 atom stereocenters. The van der Waals surface area contributed by atoms with Crippen molar-refractivity contribution in [3.8, 4) is 11.5 Å². The fourth-order valence-electron chi connectivity index (χ4n) is 1.62. The Morgan fingerprint density at radius 3 is 2.63 bits per heavy atom. The van der Waals surface area contributed by atoms with E-state index < -0.39 is 23.8 Å². The summed E-state index contributed by atoms with van der Waals surface area (Å²) in [6.45, 7) is 1.74. The minimum absolute atomic E-state index is 0.127. The second kappa shape index (κ2) is 5.08. The second-order valence-electron chi connectivity index (χ2n) is 3.80. The van der Waals surface area contributed by atoms with Crippen LogP contribution in [0.3, 0.4) is 0 Å². The number of aromatic carboxylic acids is 1. The molecule has 1 N–H and O–H groups in total. The standard InChI is InChI=1S/C12H8BrF2NO3/c1-5-4-6(13)2-3-7(5)11-16-8(10(14)15)9(19-11)12(17)18/h2-4,10H,1H3,(H,17,18). The zero-order valence-electron chi connectivity index (χ0n) is 9.65. The summed E-state index contributed by atoms with van der Waals surface area (Å²) in [5, 5.41) is 8.81. The zero-order chi connectivity index (χ0) is 14.2. The van der Waals surface area contributed by atoms with Gasteiger partial charge in [0, 0.05) is 10.0 Å². The molecule has 0 aliphatic heterocycles. The topological polar surface area (TPSA) is 63.3 Å². The Morgan fingerprint density at radius 2 is 2.16 bits per heavy atom. The predicted molar refractivity (Wildman–Crippen MR) is 66.3 cm³/mol. The first-order valence-electron chi connectivity index (χ1n) is 5.19. The molecule has 0 amide bonds. The van der Waals surface area contributed by atoms with Crippen molar-refractivity contribution in [3.05, 3.63) is 39.7 Å². The van der Waals surface area contributed by atoms with E-state index in [0.29, 0.717) is 5.56 Å². The van der Waals surface area contributed by atoms with Crippen molar-refractivity contribution < 1.29 is 23.1 Å². The number of alkyl halides is 2. The molecular formula is C12H8BrF2NO3. The lowest BCUT2D eigenvalue weighted by atomic mass is 10.1. The van der Waals surface area contributed by atoms with E-state index >= 15 is 0 Å². The van der Waals surface area contributed by atoms with Crippen molar-refractivity contribution in [2.24, 2.45) is 0 Å². The maximum absolute atomic E-state index is 12.7. The molecule has 19 heavy (non-hydrogen) atoms. The van der Waals surface area contributed by atoms with Crippen LogP contribution in [0.2, 0.25) is 0 Å². The highest BCUT2D eigenvalue weighted by atomic mass is 79.9. The van der Waals surface area contributed by atoms with Crippen LogP contribution in [0.1, 0.15) is 28.2 Å². The number of rotatable bonds is 3. The van der Waals surface area contributed by atoms with Crippen molar-refractivity contribution in [2.75, 3.05) is 0 Å². The van der Waals surface area contributed by atoms with Gasteiger partial charge in [-0.2, -0.15) is 0 Å². The molecule has 100 valence electrons. The van der Waals surface area contributed by atoms with Gasteiger partial charge in [-0.05, 0) is 30.7 Å². The molecule has 0 aliphatic rings. The van der Waals surface area contributed by atoms with Crippen LogP contribution in [0.4, 0.5) is 8.78 Å². The van der Waals surface area contributed by atoms with Crippen LogP contribution in [0.25, 0.3) is 11.5 Å². The van der Waals surface area contributed by atoms with Gasteiger partial charge in [-0.25, -0.2) is 18.6 Å². The Balaban J connectivity index is 2.57. The minimum Gasteiger partial charge on any atom is -0.475 e. The molecule has 0 fully saturated rings. The highest BCUT2D eigenvalue weighted by Crippen LogP contribution is 2.31. The molecule has 4 nitrogen and oxygen atoms in total. The fourth-order valence-corrected chi connectivity index (χ4v) is 2.09. The van der Waals surface area contributed by atoms with Gasteiger partial charge in [-0.15, -0.1) is 0 Å². The monoisotopic (exact) mass is 331 g/mol. The first kappa shape index (κ1) is 13.7. The van der Waals surface area contributed by atoms with E-state index in [2.05, 4.69) is 20.9 Å². The van der Waals surface area contributed by atoms with Gasteiger partial charge < -0.3 is 9.52 Å². The van der Waals surface area contributed by atoms with Crippen molar-refractivity contribution in [2.45, 2.75) is 13.3 Å². The summed E-state index contributed by atoms with van der Waals surface area (Å²) in [6, 6.07) is 5.06. The van der Waals surface area contributed by atoms with E-state index in [0.717, 1.165) is 10.0 Å². The van der Waals surface area contributed by atoms with Crippen LogP contribution >= 0.6 is 15.9 Å². The quantitative estimate of drug-likeness (QED) is 0.921. The third kappa shape index (κ3) is 2.65. The number of carboxylic acid groups (broad SMARTS) is 1.